The van der Waals surface area contributed by atoms with Crippen LogP contribution in [0.15, 0.2) is 59.5 Å². The van der Waals surface area contributed by atoms with Crippen molar-refractivity contribution in [2.75, 3.05) is 32.8 Å². The molecule has 3 rings (SSSR count). The van der Waals surface area contributed by atoms with Gasteiger partial charge in [0.2, 0.25) is 15.9 Å². The second-order valence-electron chi connectivity index (χ2n) is 6.79. The van der Waals surface area contributed by atoms with Crippen LogP contribution in [0.4, 0.5) is 13.2 Å². The third kappa shape index (κ3) is 5.38. The van der Waals surface area contributed by atoms with E-state index in [4.69, 9.17) is 4.74 Å². The second-order valence-corrected chi connectivity index (χ2v) is 8.72. The van der Waals surface area contributed by atoms with E-state index in [2.05, 4.69) is 0 Å². The maximum atomic E-state index is 12.7. The standard InChI is InChI=1S/C20H21F3N2O4S/c21-20(22,23)17-6-8-18(9-7-17)30(27,28)25-12-10-24(11-13-25)19(26)15-29-14-16-4-2-1-3-5-16/h1-9H,10-15H2. The molecule has 1 aliphatic rings. The number of halogens is 3. The maximum Gasteiger partial charge on any atom is 0.416 e. The Balaban J connectivity index is 1.52. The Bertz CT molecular complexity index is 956. The molecule has 0 atom stereocenters. The van der Waals surface area contributed by atoms with Crippen LogP contribution in [0.25, 0.3) is 0 Å². The zero-order chi connectivity index (χ0) is 21.8. The Labute approximate surface area is 172 Å². The summed E-state index contributed by atoms with van der Waals surface area (Å²) in [4.78, 5) is 13.6. The van der Waals surface area contributed by atoms with Crippen LogP contribution in [-0.2, 0) is 32.3 Å². The van der Waals surface area contributed by atoms with Gasteiger partial charge in [-0.2, -0.15) is 17.5 Å². The molecule has 10 heteroatoms. The van der Waals surface area contributed by atoms with Crippen LogP contribution in [0, 0.1) is 0 Å². The van der Waals surface area contributed by atoms with Gasteiger partial charge in [0.05, 0.1) is 17.1 Å². The first-order valence-corrected chi connectivity index (χ1v) is 10.7. The highest BCUT2D eigenvalue weighted by atomic mass is 32.2. The molecule has 0 aromatic heterocycles. The lowest BCUT2D eigenvalue weighted by Crippen LogP contribution is -2.51. The molecule has 0 unspecified atom stereocenters. The molecule has 162 valence electrons. The molecule has 0 bridgehead atoms. The largest absolute Gasteiger partial charge is 0.416 e. The van der Waals surface area contributed by atoms with Gasteiger partial charge in [-0.05, 0) is 29.8 Å². The number of hydrogen-bond donors (Lipinski definition) is 0. The number of nitrogens with zero attached hydrogens (tertiary/aromatic N) is 2. The van der Waals surface area contributed by atoms with E-state index < -0.39 is 21.8 Å². The monoisotopic (exact) mass is 442 g/mol. The smallest absolute Gasteiger partial charge is 0.367 e. The number of hydrogen-bond acceptors (Lipinski definition) is 4. The Kier molecular flexibility index (Phi) is 6.79. The summed E-state index contributed by atoms with van der Waals surface area (Å²) < 4.78 is 69.9. The van der Waals surface area contributed by atoms with E-state index >= 15 is 0 Å². The molecule has 0 aliphatic carbocycles. The van der Waals surface area contributed by atoms with Crippen molar-refractivity contribution in [1.29, 1.82) is 0 Å². The number of carbonyl (C=O) groups excluding carboxylic acids is 1. The zero-order valence-corrected chi connectivity index (χ0v) is 16.8. The van der Waals surface area contributed by atoms with Crippen LogP contribution >= 0.6 is 0 Å². The van der Waals surface area contributed by atoms with Crippen molar-refractivity contribution in [2.24, 2.45) is 0 Å². The molecule has 6 nitrogen and oxygen atoms in total. The summed E-state index contributed by atoms with van der Waals surface area (Å²) in [5.74, 6) is -0.238. The van der Waals surface area contributed by atoms with Gasteiger partial charge in [0, 0.05) is 26.2 Å². The second kappa shape index (κ2) is 9.15. The van der Waals surface area contributed by atoms with E-state index in [0.29, 0.717) is 6.61 Å². The number of alkyl halides is 3. The van der Waals surface area contributed by atoms with Gasteiger partial charge < -0.3 is 9.64 Å². The first-order chi connectivity index (χ1) is 14.2. The van der Waals surface area contributed by atoms with Crippen molar-refractivity contribution >= 4 is 15.9 Å². The summed E-state index contributed by atoms with van der Waals surface area (Å²) >= 11 is 0. The van der Waals surface area contributed by atoms with Crippen LogP contribution in [0.5, 0.6) is 0 Å². The molecule has 30 heavy (non-hydrogen) atoms. The molecule has 0 spiro atoms. The summed E-state index contributed by atoms with van der Waals surface area (Å²) in [6, 6.07) is 12.8. The summed E-state index contributed by atoms with van der Waals surface area (Å²) in [5.41, 5.74) is 0.0325. The Morgan fingerprint density at radius 2 is 1.53 bits per heavy atom. The van der Waals surface area contributed by atoms with E-state index in [1.54, 1.807) is 0 Å². The van der Waals surface area contributed by atoms with Crippen LogP contribution < -0.4 is 0 Å². The fourth-order valence-corrected chi connectivity index (χ4v) is 4.49. The highest BCUT2D eigenvalue weighted by Gasteiger charge is 2.33. The lowest BCUT2D eigenvalue weighted by Gasteiger charge is -2.34. The van der Waals surface area contributed by atoms with Crippen molar-refractivity contribution in [3.05, 3.63) is 65.7 Å². The highest BCUT2D eigenvalue weighted by molar-refractivity contribution is 7.89. The molecular weight excluding hydrogens is 421 g/mol. The molecular formula is C20H21F3N2O4S. The van der Waals surface area contributed by atoms with E-state index in [1.807, 2.05) is 30.3 Å². The van der Waals surface area contributed by atoms with E-state index in [-0.39, 0.29) is 43.6 Å². The number of amides is 1. The number of rotatable bonds is 6. The number of sulfonamides is 1. The predicted molar refractivity (Wildman–Crippen MR) is 103 cm³/mol. The summed E-state index contributed by atoms with van der Waals surface area (Å²) in [7, 11) is -3.93. The molecule has 2 aromatic carbocycles. The van der Waals surface area contributed by atoms with Gasteiger partial charge in [0.15, 0.2) is 0 Å². The number of ether oxygens (including phenoxy) is 1. The molecule has 1 heterocycles. The SMILES string of the molecule is O=C(COCc1ccccc1)N1CCN(S(=O)(=O)c2ccc(C(F)(F)F)cc2)CC1. The van der Waals surface area contributed by atoms with Gasteiger partial charge >= 0.3 is 6.18 Å². The Morgan fingerprint density at radius 1 is 0.933 bits per heavy atom. The van der Waals surface area contributed by atoms with Gasteiger partial charge in [-0.25, -0.2) is 8.42 Å². The van der Waals surface area contributed by atoms with Crippen molar-refractivity contribution in [3.63, 3.8) is 0 Å². The lowest BCUT2D eigenvalue weighted by atomic mass is 10.2. The minimum Gasteiger partial charge on any atom is -0.367 e. The van der Waals surface area contributed by atoms with Gasteiger partial charge in [0.1, 0.15) is 6.61 Å². The number of benzene rings is 2. The van der Waals surface area contributed by atoms with Gasteiger partial charge in [-0.15, -0.1) is 0 Å². The Morgan fingerprint density at radius 3 is 2.10 bits per heavy atom. The zero-order valence-electron chi connectivity index (χ0n) is 16.0. The van der Waals surface area contributed by atoms with Gasteiger partial charge in [0.25, 0.3) is 0 Å². The fourth-order valence-electron chi connectivity index (χ4n) is 3.06. The minimum atomic E-state index is -4.53. The number of carbonyl (C=O) groups is 1. The normalized spacial score (nSPS) is 15.9. The molecule has 1 fully saturated rings. The molecule has 1 amide bonds. The molecule has 1 aliphatic heterocycles. The van der Waals surface area contributed by atoms with Crippen LogP contribution in [-0.4, -0.2) is 56.3 Å². The molecule has 2 aromatic rings. The van der Waals surface area contributed by atoms with Crippen molar-refractivity contribution in [1.82, 2.24) is 9.21 Å². The first-order valence-electron chi connectivity index (χ1n) is 9.25. The van der Waals surface area contributed by atoms with Crippen molar-refractivity contribution in [2.45, 2.75) is 17.7 Å². The third-order valence-corrected chi connectivity index (χ3v) is 6.66. The predicted octanol–water partition coefficient (Wildman–Crippen LogP) is 2.76. The highest BCUT2D eigenvalue weighted by Crippen LogP contribution is 2.30. The van der Waals surface area contributed by atoms with E-state index in [9.17, 15) is 26.4 Å². The Hall–Kier alpha value is -2.43. The molecule has 0 saturated carbocycles. The maximum absolute atomic E-state index is 12.7. The van der Waals surface area contributed by atoms with E-state index in [0.717, 1.165) is 29.8 Å². The number of piperazine rings is 1. The van der Waals surface area contributed by atoms with Crippen LogP contribution in [0.3, 0.4) is 0 Å². The first kappa shape index (κ1) is 22.3. The quantitative estimate of drug-likeness (QED) is 0.690. The molecule has 1 saturated heterocycles. The molecule has 0 N–H and O–H groups in total. The van der Waals surface area contributed by atoms with Crippen LogP contribution in [0.1, 0.15) is 11.1 Å². The van der Waals surface area contributed by atoms with E-state index in [1.165, 1.54) is 9.21 Å². The summed E-state index contributed by atoms with van der Waals surface area (Å²) in [6.45, 7) is 0.692. The van der Waals surface area contributed by atoms with Crippen molar-refractivity contribution in [3.8, 4) is 0 Å². The van der Waals surface area contributed by atoms with Crippen molar-refractivity contribution < 1.29 is 31.1 Å². The summed E-state index contributed by atoms with van der Waals surface area (Å²) in [5, 5.41) is 0. The summed E-state index contributed by atoms with van der Waals surface area (Å²) in [6.07, 6.45) is -4.53. The molecule has 0 radical (unpaired) electrons. The minimum absolute atomic E-state index is 0.0633. The average molecular weight is 442 g/mol. The topological polar surface area (TPSA) is 66.9 Å². The third-order valence-electron chi connectivity index (χ3n) is 4.75. The fraction of sp³-hybridized carbons (Fsp3) is 0.350. The van der Waals surface area contributed by atoms with Gasteiger partial charge in [-0.3, -0.25) is 4.79 Å². The lowest BCUT2D eigenvalue weighted by molar-refractivity contribution is -0.138. The average Bonchev–Trinajstić information content (AvgIpc) is 2.74. The van der Waals surface area contributed by atoms with Gasteiger partial charge in [-0.1, -0.05) is 30.3 Å². The van der Waals surface area contributed by atoms with Crippen LogP contribution in [0.2, 0.25) is 0 Å².